The zero-order chi connectivity index (χ0) is 20.9. The molecule has 3 rings (SSSR count). The molecule has 29 heavy (non-hydrogen) atoms. The van der Waals surface area contributed by atoms with Gasteiger partial charge in [-0.3, -0.25) is 4.79 Å². The predicted octanol–water partition coefficient (Wildman–Crippen LogP) is 3.29. The molecule has 1 aromatic carbocycles. The van der Waals surface area contributed by atoms with Crippen LogP contribution in [0.15, 0.2) is 46.0 Å². The summed E-state index contributed by atoms with van der Waals surface area (Å²) >= 11 is 1.21. The highest BCUT2D eigenvalue weighted by atomic mass is 32.2. The van der Waals surface area contributed by atoms with Crippen molar-refractivity contribution in [1.29, 1.82) is 0 Å². The van der Waals surface area contributed by atoms with Crippen molar-refractivity contribution in [3.8, 4) is 5.75 Å². The first-order valence-corrected chi connectivity index (χ1v) is 12.2. The van der Waals surface area contributed by atoms with Crippen molar-refractivity contribution in [3.05, 3.63) is 47.3 Å². The van der Waals surface area contributed by atoms with Gasteiger partial charge in [-0.05, 0) is 62.3 Å². The molecule has 1 aromatic heterocycles. The molecule has 8 heteroatoms. The smallest absolute Gasteiger partial charge is 0.252 e. The van der Waals surface area contributed by atoms with Crippen molar-refractivity contribution in [1.82, 2.24) is 9.62 Å². The minimum Gasteiger partial charge on any atom is -0.491 e. The van der Waals surface area contributed by atoms with Gasteiger partial charge in [-0.1, -0.05) is 18.2 Å². The summed E-state index contributed by atoms with van der Waals surface area (Å²) in [5, 5.41) is 4.72. The molecule has 1 N–H and O–H groups in total. The molecular formula is C21H28N2O4S2. The van der Waals surface area contributed by atoms with E-state index >= 15 is 0 Å². The SMILES string of the molecule is CC(C)Oc1ccc(CCNC(=O)C2CCCN(S(=O)(=O)c3cccs3)C2)cc1. The first-order chi connectivity index (χ1) is 13.9. The molecule has 1 amide bonds. The van der Waals surface area contributed by atoms with Gasteiger partial charge in [0.25, 0.3) is 10.0 Å². The topological polar surface area (TPSA) is 75.7 Å². The lowest BCUT2D eigenvalue weighted by Crippen LogP contribution is -2.45. The molecule has 158 valence electrons. The van der Waals surface area contributed by atoms with E-state index in [4.69, 9.17) is 4.74 Å². The number of piperidine rings is 1. The number of carbonyl (C=O) groups is 1. The third-order valence-electron chi connectivity index (χ3n) is 4.85. The van der Waals surface area contributed by atoms with Crippen LogP contribution in [-0.2, 0) is 21.2 Å². The number of benzene rings is 1. The van der Waals surface area contributed by atoms with Gasteiger partial charge in [-0.2, -0.15) is 4.31 Å². The Bertz CT molecular complexity index is 893. The van der Waals surface area contributed by atoms with E-state index in [0.29, 0.717) is 30.1 Å². The van der Waals surface area contributed by atoms with Gasteiger partial charge in [-0.15, -0.1) is 11.3 Å². The zero-order valence-corrected chi connectivity index (χ0v) is 18.5. The summed E-state index contributed by atoms with van der Waals surface area (Å²) in [4.78, 5) is 12.6. The highest BCUT2D eigenvalue weighted by molar-refractivity contribution is 7.91. The van der Waals surface area contributed by atoms with Crippen LogP contribution in [-0.4, -0.2) is 44.4 Å². The molecule has 0 saturated carbocycles. The van der Waals surface area contributed by atoms with Crippen LogP contribution in [0.2, 0.25) is 0 Å². The lowest BCUT2D eigenvalue weighted by molar-refractivity contribution is -0.126. The van der Waals surface area contributed by atoms with Crippen LogP contribution in [0.5, 0.6) is 5.75 Å². The maximum absolute atomic E-state index is 12.7. The summed E-state index contributed by atoms with van der Waals surface area (Å²) in [5.74, 6) is 0.457. The fraction of sp³-hybridized carbons (Fsp3) is 0.476. The van der Waals surface area contributed by atoms with E-state index in [9.17, 15) is 13.2 Å². The normalized spacial score (nSPS) is 18.0. The Hall–Kier alpha value is -1.90. The number of nitrogens with one attached hydrogen (secondary N) is 1. The Balaban J connectivity index is 1.49. The lowest BCUT2D eigenvalue weighted by Gasteiger charge is -2.30. The molecule has 0 bridgehead atoms. The Kier molecular flexibility index (Phi) is 7.32. The van der Waals surface area contributed by atoms with Crippen LogP contribution in [0.3, 0.4) is 0 Å². The van der Waals surface area contributed by atoms with E-state index in [0.717, 1.165) is 17.7 Å². The molecule has 1 aliphatic rings. The minimum absolute atomic E-state index is 0.0733. The van der Waals surface area contributed by atoms with Gasteiger partial charge >= 0.3 is 0 Å². The number of rotatable bonds is 8. The van der Waals surface area contributed by atoms with Gasteiger partial charge in [0.1, 0.15) is 9.96 Å². The van der Waals surface area contributed by atoms with E-state index in [2.05, 4.69) is 5.32 Å². The Labute approximate surface area is 176 Å². The van der Waals surface area contributed by atoms with Crippen LogP contribution in [0.25, 0.3) is 0 Å². The highest BCUT2D eigenvalue weighted by Gasteiger charge is 2.33. The molecule has 1 atom stereocenters. The Morgan fingerprint density at radius 3 is 2.69 bits per heavy atom. The first kappa shape index (κ1) is 21.8. The highest BCUT2D eigenvalue weighted by Crippen LogP contribution is 2.26. The molecule has 1 saturated heterocycles. The number of amides is 1. The number of nitrogens with zero attached hydrogens (tertiary/aromatic N) is 1. The van der Waals surface area contributed by atoms with Crippen molar-refractivity contribution < 1.29 is 17.9 Å². The van der Waals surface area contributed by atoms with E-state index in [-0.39, 0.29) is 24.5 Å². The van der Waals surface area contributed by atoms with Gasteiger partial charge in [0.2, 0.25) is 5.91 Å². The number of thiophene rings is 1. The molecule has 1 fully saturated rings. The van der Waals surface area contributed by atoms with E-state index in [1.807, 2.05) is 38.1 Å². The molecule has 0 aliphatic carbocycles. The van der Waals surface area contributed by atoms with E-state index in [1.54, 1.807) is 17.5 Å². The second kappa shape index (κ2) is 9.73. The van der Waals surface area contributed by atoms with Crippen molar-refractivity contribution >= 4 is 27.3 Å². The van der Waals surface area contributed by atoms with Gasteiger partial charge in [0.15, 0.2) is 0 Å². The third-order valence-corrected chi connectivity index (χ3v) is 8.09. The van der Waals surface area contributed by atoms with E-state index in [1.165, 1.54) is 15.6 Å². The van der Waals surface area contributed by atoms with Crippen LogP contribution < -0.4 is 10.1 Å². The monoisotopic (exact) mass is 436 g/mol. The lowest BCUT2D eigenvalue weighted by atomic mass is 9.99. The Morgan fingerprint density at radius 1 is 1.28 bits per heavy atom. The second-order valence-corrected chi connectivity index (χ2v) is 10.6. The summed E-state index contributed by atoms with van der Waals surface area (Å²) in [7, 11) is -3.50. The molecule has 2 heterocycles. The number of ether oxygens (including phenoxy) is 1. The largest absolute Gasteiger partial charge is 0.491 e. The molecule has 6 nitrogen and oxygen atoms in total. The summed E-state index contributed by atoms with van der Waals surface area (Å²) in [6.07, 6.45) is 2.26. The van der Waals surface area contributed by atoms with Crippen LogP contribution in [0.4, 0.5) is 0 Å². The third kappa shape index (κ3) is 5.81. The molecule has 1 aliphatic heterocycles. The number of sulfonamides is 1. The van der Waals surface area contributed by atoms with Crippen molar-refractivity contribution in [2.75, 3.05) is 19.6 Å². The zero-order valence-electron chi connectivity index (χ0n) is 16.8. The molecule has 0 spiro atoms. The quantitative estimate of drug-likeness (QED) is 0.689. The number of carbonyl (C=O) groups excluding carboxylic acids is 1. The first-order valence-electron chi connectivity index (χ1n) is 9.93. The maximum Gasteiger partial charge on any atom is 0.252 e. The van der Waals surface area contributed by atoms with Crippen molar-refractivity contribution in [2.45, 2.75) is 43.4 Å². The van der Waals surface area contributed by atoms with Gasteiger partial charge in [0, 0.05) is 19.6 Å². The van der Waals surface area contributed by atoms with E-state index < -0.39 is 10.0 Å². The molecule has 0 radical (unpaired) electrons. The van der Waals surface area contributed by atoms with Crippen LogP contribution in [0, 0.1) is 5.92 Å². The Morgan fingerprint density at radius 2 is 2.03 bits per heavy atom. The number of hydrogen-bond acceptors (Lipinski definition) is 5. The minimum atomic E-state index is -3.50. The van der Waals surface area contributed by atoms with Crippen molar-refractivity contribution in [2.24, 2.45) is 5.92 Å². The second-order valence-electron chi connectivity index (χ2n) is 7.49. The maximum atomic E-state index is 12.7. The van der Waals surface area contributed by atoms with Gasteiger partial charge < -0.3 is 10.1 Å². The van der Waals surface area contributed by atoms with Gasteiger partial charge in [0.05, 0.1) is 12.0 Å². The summed E-state index contributed by atoms with van der Waals surface area (Å²) in [6, 6.07) is 11.2. The molecule has 2 aromatic rings. The number of hydrogen-bond donors (Lipinski definition) is 1. The van der Waals surface area contributed by atoms with Crippen LogP contribution in [0.1, 0.15) is 32.3 Å². The molecule has 1 unspecified atom stereocenters. The molecular weight excluding hydrogens is 408 g/mol. The fourth-order valence-corrected chi connectivity index (χ4v) is 6.06. The fourth-order valence-electron chi connectivity index (χ4n) is 3.39. The summed E-state index contributed by atoms with van der Waals surface area (Å²) in [5.41, 5.74) is 1.12. The average molecular weight is 437 g/mol. The van der Waals surface area contributed by atoms with Crippen LogP contribution >= 0.6 is 11.3 Å². The standard InChI is InChI=1S/C21H28N2O4S2/c1-16(2)27-19-9-7-17(8-10-19)11-12-22-21(24)18-5-3-13-23(15-18)29(25,26)20-6-4-14-28-20/h4,6-10,14,16,18H,3,5,11-13,15H2,1-2H3,(H,22,24). The summed E-state index contributed by atoms with van der Waals surface area (Å²) in [6.45, 7) is 5.21. The van der Waals surface area contributed by atoms with Gasteiger partial charge in [-0.25, -0.2) is 8.42 Å². The summed E-state index contributed by atoms with van der Waals surface area (Å²) < 4.78 is 32.8. The van der Waals surface area contributed by atoms with Crippen molar-refractivity contribution in [3.63, 3.8) is 0 Å². The predicted molar refractivity (Wildman–Crippen MR) is 115 cm³/mol. The average Bonchev–Trinajstić information content (AvgIpc) is 3.25.